The van der Waals surface area contributed by atoms with Crippen molar-refractivity contribution in [3.8, 4) is 0 Å². The third kappa shape index (κ3) is 4.62. The Balaban J connectivity index is 2.05. The first-order valence-electron chi connectivity index (χ1n) is 6.98. The molecule has 1 amide bonds. The number of aliphatic carboxylic acids is 1. The Morgan fingerprint density at radius 1 is 1.04 bits per heavy atom. The largest absolute Gasteiger partial charge is 0.480 e. The molecule has 0 bridgehead atoms. The van der Waals surface area contributed by atoms with Gasteiger partial charge in [-0.05, 0) is 23.3 Å². The smallest absolute Gasteiger partial charge is 0.326 e. The molecule has 0 heterocycles. The number of amides is 1. The summed E-state index contributed by atoms with van der Waals surface area (Å²) in [5.41, 5.74) is 0.934. The predicted molar refractivity (Wildman–Crippen MR) is 81.1 cm³/mol. The predicted octanol–water partition coefficient (Wildman–Crippen LogP) is 1.67. The van der Waals surface area contributed by atoms with Gasteiger partial charge in [0, 0.05) is 6.42 Å². The zero-order chi connectivity index (χ0) is 16.8. The summed E-state index contributed by atoms with van der Waals surface area (Å²) in [6.45, 7) is 0. The summed E-state index contributed by atoms with van der Waals surface area (Å²) in [5.74, 6) is -2.46. The summed E-state index contributed by atoms with van der Waals surface area (Å²) in [5, 5.41) is 21.5. The molecule has 23 heavy (non-hydrogen) atoms. The van der Waals surface area contributed by atoms with E-state index in [1.165, 1.54) is 24.3 Å². The van der Waals surface area contributed by atoms with Gasteiger partial charge in [0.05, 0.1) is 0 Å². The summed E-state index contributed by atoms with van der Waals surface area (Å²) in [6, 6.07) is 12.3. The van der Waals surface area contributed by atoms with E-state index in [0.29, 0.717) is 11.1 Å². The molecule has 0 saturated carbocycles. The number of carbonyl (C=O) groups excluding carboxylic acids is 1. The van der Waals surface area contributed by atoms with Gasteiger partial charge in [0.2, 0.25) is 0 Å². The molecule has 3 N–H and O–H groups in total. The maximum Gasteiger partial charge on any atom is 0.326 e. The van der Waals surface area contributed by atoms with Crippen LogP contribution < -0.4 is 5.32 Å². The van der Waals surface area contributed by atoms with Gasteiger partial charge in [-0.2, -0.15) is 0 Å². The molecule has 0 fully saturated rings. The van der Waals surface area contributed by atoms with Crippen molar-refractivity contribution in [2.75, 3.05) is 0 Å². The number of halogens is 1. The Bertz CT molecular complexity index is 673. The number of hydrogen-bond acceptors (Lipinski definition) is 3. The highest BCUT2D eigenvalue weighted by atomic mass is 19.1. The molecule has 0 radical (unpaired) electrons. The van der Waals surface area contributed by atoms with Crippen molar-refractivity contribution in [2.45, 2.75) is 18.6 Å². The minimum Gasteiger partial charge on any atom is -0.480 e. The second-order valence-corrected chi connectivity index (χ2v) is 5.04. The molecule has 0 saturated heterocycles. The van der Waals surface area contributed by atoms with Crippen molar-refractivity contribution in [2.24, 2.45) is 0 Å². The SMILES string of the molecule is O=C(O)[C@H](Cc1ccc(F)cc1)NC(=O)[C@@H](O)c1ccccc1. The van der Waals surface area contributed by atoms with E-state index in [1.54, 1.807) is 30.3 Å². The average molecular weight is 317 g/mol. The third-order valence-electron chi connectivity index (χ3n) is 3.33. The van der Waals surface area contributed by atoms with Gasteiger partial charge < -0.3 is 15.5 Å². The van der Waals surface area contributed by atoms with Crippen molar-refractivity contribution in [3.05, 3.63) is 71.5 Å². The second kappa shape index (κ2) is 7.51. The van der Waals surface area contributed by atoms with Crippen molar-refractivity contribution >= 4 is 11.9 Å². The summed E-state index contributed by atoms with van der Waals surface area (Å²) < 4.78 is 12.9. The first-order valence-corrected chi connectivity index (χ1v) is 6.98. The fourth-order valence-electron chi connectivity index (χ4n) is 2.09. The van der Waals surface area contributed by atoms with Crippen molar-refractivity contribution in [3.63, 3.8) is 0 Å². The fraction of sp³-hybridized carbons (Fsp3) is 0.176. The van der Waals surface area contributed by atoms with Crippen LogP contribution in [-0.4, -0.2) is 28.1 Å². The van der Waals surface area contributed by atoms with E-state index in [4.69, 9.17) is 0 Å². The fourth-order valence-corrected chi connectivity index (χ4v) is 2.09. The van der Waals surface area contributed by atoms with E-state index in [0.717, 1.165) is 0 Å². The summed E-state index contributed by atoms with van der Waals surface area (Å²) >= 11 is 0. The lowest BCUT2D eigenvalue weighted by Gasteiger charge is -2.17. The number of aliphatic hydroxyl groups is 1. The molecule has 120 valence electrons. The van der Waals surface area contributed by atoms with Gasteiger partial charge in [0.15, 0.2) is 6.10 Å². The minimum atomic E-state index is -1.45. The highest BCUT2D eigenvalue weighted by molar-refractivity contribution is 5.87. The molecule has 2 rings (SSSR count). The van der Waals surface area contributed by atoms with Crippen LogP contribution in [0.15, 0.2) is 54.6 Å². The van der Waals surface area contributed by atoms with Gasteiger partial charge in [-0.15, -0.1) is 0 Å². The van der Waals surface area contributed by atoms with Gasteiger partial charge in [-0.3, -0.25) is 4.79 Å². The van der Waals surface area contributed by atoms with Crippen molar-refractivity contribution in [1.82, 2.24) is 5.32 Å². The zero-order valence-corrected chi connectivity index (χ0v) is 12.1. The molecule has 5 nitrogen and oxygen atoms in total. The van der Waals surface area contributed by atoms with Crippen LogP contribution in [0.3, 0.4) is 0 Å². The van der Waals surface area contributed by atoms with E-state index < -0.39 is 29.8 Å². The average Bonchev–Trinajstić information content (AvgIpc) is 2.56. The first kappa shape index (κ1) is 16.6. The van der Waals surface area contributed by atoms with Gasteiger partial charge in [0.25, 0.3) is 5.91 Å². The van der Waals surface area contributed by atoms with E-state index in [9.17, 15) is 24.2 Å². The molecule has 0 aliphatic heterocycles. The molecule has 0 aromatic heterocycles. The lowest BCUT2D eigenvalue weighted by Crippen LogP contribution is -2.44. The summed E-state index contributed by atoms with van der Waals surface area (Å²) in [4.78, 5) is 23.3. The molecular formula is C17H16FNO4. The Morgan fingerprint density at radius 2 is 1.65 bits per heavy atom. The van der Waals surface area contributed by atoms with Crippen LogP contribution >= 0.6 is 0 Å². The van der Waals surface area contributed by atoms with Crippen LogP contribution in [-0.2, 0) is 16.0 Å². The van der Waals surface area contributed by atoms with Crippen LogP contribution in [0.25, 0.3) is 0 Å². The molecule has 0 aliphatic carbocycles. The van der Waals surface area contributed by atoms with Crippen LogP contribution in [0, 0.1) is 5.82 Å². The molecule has 6 heteroatoms. The number of rotatable bonds is 6. The number of benzene rings is 2. The number of hydrogen-bond donors (Lipinski definition) is 3. The van der Waals surface area contributed by atoms with Gasteiger partial charge in [-0.1, -0.05) is 42.5 Å². The molecule has 0 unspecified atom stereocenters. The van der Waals surface area contributed by atoms with E-state index in [2.05, 4.69) is 5.32 Å². The Morgan fingerprint density at radius 3 is 2.22 bits per heavy atom. The van der Waals surface area contributed by atoms with Gasteiger partial charge in [-0.25, -0.2) is 9.18 Å². The molecular weight excluding hydrogens is 301 g/mol. The maximum atomic E-state index is 12.9. The van der Waals surface area contributed by atoms with Crippen LogP contribution in [0.4, 0.5) is 4.39 Å². The third-order valence-corrected chi connectivity index (χ3v) is 3.33. The molecule has 2 atom stereocenters. The summed E-state index contributed by atoms with van der Waals surface area (Å²) in [7, 11) is 0. The first-order chi connectivity index (χ1) is 11.0. The van der Waals surface area contributed by atoms with E-state index in [1.807, 2.05) is 0 Å². The summed E-state index contributed by atoms with van der Waals surface area (Å²) in [6.07, 6.45) is -1.46. The van der Waals surface area contributed by atoms with E-state index in [-0.39, 0.29) is 6.42 Å². The van der Waals surface area contributed by atoms with Crippen molar-refractivity contribution in [1.29, 1.82) is 0 Å². The molecule has 0 spiro atoms. The van der Waals surface area contributed by atoms with Crippen LogP contribution in [0.5, 0.6) is 0 Å². The lowest BCUT2D eigenvalue weighted by molar-refractivity contribution is -0.143. The number of aliphatic hydroxyl groups excluding tert-OH is 1. The minimum absolute atomic E-state index is 0.0110. The lowest BCUT2D eigenvalue weighted by atomic mass is 10.0. The number of nitrogens with one attached hydrogen (secondary N) is 1. The normalized spacial score (nSPS) is 13.1. The van der Waals surface area contributed by atoms with Crippen LogP contribution in [0.2, 0.25) is 0 Å². The second-order valence-electron chi connectivity index (χ2n) is 5.04. The highest BCUT2D eigenvalue weighted by Crippen LogP contribution is 2.13. The maximum absolute atomic E-state index is 12.9. The topological polar surface area (TPSA) is 86.6 Å². The monoisotopic (exact) mass is 317 g/mol. The standard InChI is InChI=1S/C17H16FNO4/c18-13-8-6-11(7-9-13)10-14(17(22)23)19-16(21)15(20)12-4-2-1-3-5-12/h1-9,14-15,20H,10H2,(H,19,21)(H,22,23)/t14-,15-/m0/s1. The highest BCUT2D eigenvalue weighted by Gasteiger charge is 2.25. The van der Waals surface area contributed by atoms with E-state index >= 15 is 0 Å². The number of carboxylic acid groups (broad SMARTS) is 1. The van der Waals surface area contributed by atoms with Gasteiger partial charge >= 0.3 is 5.97 Å². The Hall–Kier alpha value is -2.73. The van der Waals surface area contributed by atoms with Gasteiger partial charge in [0.1, 0.15) is 11.9 Å². The molecule has 2 aromatic carbocycles. The molecule has 2 aromatic rings. The number of carbonyl (C=O) groups is 2. The van der Waals surface area contributed by atoms with Crippen molar-refractivity contribution < 1.29 is 24.2 Å². The Labute approximate surface area is 132 Å². The Kier molecular flexibility index (Phi) is 5.43. The zero-order valence-electron chi connectivity index (χ0n) is 12.1. The quantitative estimate of drug-likeness (QED) is 0.756. The van der Waals surface area contributed by atoms with Crippen LogP contribution in [0.1, 0.15) is 17.2 Å². The molecule has 0 aliphatic rings. The number of carboxylic acids is 1.